The van der Waals surface area contributed by atoms with Gasteiger partial charge in [-0.2, -0.15) is 0 Å². The molecule has 2 saturated carbocycles. The summed E-state index contributed by atoms with van der Waals surface area (Å²) in [7, 11) is 1.99. The summed E-state index contributed by atoms with van der Waals surface area (Å²) in [6.45, 7) is 0.879. The van der Waals surface area contributed by atoms with Gasteiger partial charge in [-0.15, -0.1) is 0 Å². The number of amides is 1. The van der Waals surface area contributed by atoms with Crippen LogP contribution in [-0.2, 0) is 4.79 Å². The number of aliphatic hydroxyl groups is 1. The number of carbonyl (C=O) groups excluding carboxylic acids is 1. The van der Waals surface area contributed by atoms with Crippen molar-refractivity contribution in [3.8, 4) is 0 Å². The minimum atomic E-state index is -0.354. The van der Waals surface area contributed by atoms with Crippen molar-refractivity contribution in [3.63, 3.8) is 0 Å². The van der Waals surface area contributed by atoms with Crippen LogP contribution >= 0.6 is 0 Å². The number of likely N-dealkylation sites (N-methyl/N-ethyl adjacent to an activating group) is 1. The van der Waals surface area contributed by atoms with Crippen molar-refractivity contribution in [2.24, 2.45) is 5.92 Å². The molecule has 98 valence electrons. The van der Waals surface area contributed by atoms with Gasteiger partial charge in [0.1, 0.15) is 0 Å². The van der Waals surface area contributed by atoms with Crippen LogP contribution in [0, 0.1) is 5.92 Å². The first-order valence-corrected chi connectivity index (χ1v) is 6.82. The zero-order valence-electron chi connectivity index (χ0n) is 10.7. The van der Waals surface area contributed by atoms with E-state index in [1.54, 1.807) is 0 Å². The van der Waals surface area contributed by atoms with E-state index in [4.69, 9.17) is 0 Å². The van der Waals surface area contributed by atoms with Crippen molar-refractivity contribution in [3.05, 3.63) is 0 Å². The van der Waals surface area contributed by atoms with Gasteiger partial charge in [-0.25, -0.2) is 0 Å². The zero-order valence-corrected chi connectivity index (χ0v) is 10.7. The summed E-state index contributed by atoms with van der Waals surface area (Å²) in [4.78, 5) is 13.7. The molecule has 0 aliphatic heterocycles. The molecule has 0 aromatic heterocycles. The number of aliphatic hydroxyl groups excluding tert-OH is 1. The summed E-state index contributed by atoms with van der Waals surface area (Å²) in [5.74, 6) is 0.438. The predicted octanol–water partition coefficient (Wildman–Crippen LogP) is 0.748. The maximum atomic E-state index is 11.6. The Hall–Kier alpha value is -0.610. The number of carbonyl (C=O) groups is 1. The van der Waals surface area contributed by atoms with Gasteiger partial charge in [0.2, 0.25) is 5.91 Å². The van der Waals surface area contributed by atoms with E-state index in [2.05, 4.69) is 10.2 Å². The molecule has 0 heterocycles. The van der Waals surface area contributed by atoms with Gasteiger partial charge < -0.3 is 10.4 Å². The van der Waals surface area contributed by atoms with Gasteiger partial charge in [-0.1, -0.05) is 12.8 Å². The van der Waals surface area contributed by atoms with Crippen molar-refractivity contribution in [1.82, 2.24) is 10.2 Å². The molecule has 2 aliphatic carbocycles. The number of nitrogens with zero attached hydrogens (tertiary/aromatic N) is 1. The molecular formula is C13H24N2O2. The second-order valence-corrected chi connectivity index (χ2v) is 5.56. The van der Waals surface area contributed by atoms with Gasteiger partial charge in [-0.3, -0.25) is 9.69 Å². The van der Waals surface area contributed by atoms with Crippen LogP contribution in [-0.4, -0.2) is 48.2 Å². The SMILES string of the molecule is CN(CC(=O)NCC(O)C1CCCC1)C1CC1. The summed E-state index contributed by atoms with van der Waals surface area (Å²) < 4.78 is 0. The standard InChI is InChI=1S/C13H24N2O2/c1-15(11-6-7-11)9-13(17)14-8-12(16)10-4-2-3-5-10/h10-12,16H,2-9H2,1H3,(H,14,17). The van der Waals surface area contributed by atoms with Crippen molar-refractivity contribution in [2.45, 2.75) is 50.7 Å². The van der Waals surface area contributed by atoms with Gasteiger partial charge in [0, 0.05) is 12.6 Å². The van der Waals surface area contributed by atoms with Gasteiger partial charge in [0.25, 0.3) is 0 Å². The van der Waals surface area contributed by atoms with Crippen LogP contribution in [0.4, 0.5) is 0 Å². The lowest BCUT2D eigenvalue weighted by molar-refractivity contribution is -0.122. The van der Waals surface area contributed by atoms with E-state index in [0.717, 1.165) is 12.8 Å². The van der Waals surface area contributed by atoms with E-state index in [1.165, 1.54) is 25.7 Å². The van der Waals surface area contributed by atoms with Crippen LogP contribution < -0.4 is 5.32 Å². The summed E-state index contributed by atoms with van der Waals surface area (Å²) in [5, 5.41) is 12.8. The highest BCUT2D eigenvalue weighted by Gasteiger charge is 2.28. The molecule has 0 aromatic rings. The first-order chi connectivity index (χ1) is 8.16. The lowest BCUT2D eigenvalue weighted by Crippen LogP contribution is -2.41. The number of rotatable bonds is 6. The van der Waals surface area contributed by atoms with E-state index >= 15 is 0 Å². The van der Waals surface area contributed by atoms with Crippen LogP contribution in [0.3, 0.4) is 0 Å². The van der Waals surface area contributed by atoms with Crippen LogP contribution in [0.1, 0.15) is 38.5 Å². The van der Waals surface area contributed by atoms with Crippen LogP contribution in [0.5, 0.6) is 0 Å². The average Bonchev–Trinajstić information content (AvgIpc) is 3.02. The third-order valence-electron chi connectivity index (χ3n) is 4.02. The highest BCUT2D eigenvalue weighted by atomic mass is 16.3. The number of hydrogen-bond donors (Lipinski definition) is 2. The first-order valence-electron chi connectivity index (χ1n) is 6.82. The van der Waals surface area contributed by atoms with Gasteiger partial charge >= 0.3 is 0 Å². The van der Waals surface area contributed by atoms with E-state index in [0.29, 0.717) is 25.0 Å². The summed E-state index contributed by atoms with van der Waals surface area (Å²) in [5.41, 5.74) is 0. The molecule has 0 spiro atoms. The third-order valence-corrected chi connectivity index (χ3v) is 4.02. The molecule has 2 rings (SSSR count). The quantitative estimate of drug-likeness (QED) is 0.720. The molecule has 1 amide bonds. The Morgan fingerprint density at radius 1 is 1.35 bits per heavy atom. The number of nitrogens with one attached hydrogen (secondary N) is 1. The van der Waals surface area contributed by atoms with Gasteiger partial charge in [0.05, 0.1) is 12.6 Å². The van der Waals surface area contributed by atoms with Crippen molar-refractivity contribution in [2.75, 3.05) is 20.1 Å². The zero-order chi connectivity index (χ0) is 12.3. The largest absolute Gasteiger partial charge is 0.391 e. The normalized spacial score (nSPS) is 23.0. The maximum absolute atomic E-state index is 11.6. The molecule has 2 aliphatic rings. The molecule has 0 saturated heterocycles. The van der Waals surface area contributed by atoms with Crippen LogP contribution in [0.15, 0.2) is 0 Å². The van der Waals surface area contributed by atoms with E-state index < -0.39 is 0 Å². The molecule has 2 N–H and O–H groups in total. The fourth-order valence-electron chi connectivity index (χ4n) is 2.65. The second kappa shape index (κ2) is 5.83. The summed E-state index contributed by atoms with van der Waals surface area (Å²) in [6, 6.07) is 0.612. The Morgan fingerprint density at radius 2 is 2.00 bits per heavy atom. The fraction of sp³-hybridized carbons (Fsp3) is 0.923. The lowest BCUT2D eigenvalue weighted by atomic mass is 10.0. The van der Waals surface area contributed by atoms with E-state index in [-0.39, 0.29) is 12.0 Å². The second-order valence-electron chi connectivity index (χ2n) is 5.56. The minimum Gasteiger partial charge on any atom is -0.391 e. The molecular weight excluding hydrogens is 216 g/mol. The van der Waals surface area contributed by atoms with Gasteiger partial charge in [-0.05, 0) is 38.6 Å². The van der Waals surface area contributed by atoms with Crippen molar-refractivity contribution in [1.29, 1.82) is 0 Å². The van der Waals surface area contributed by atoms with Crippen LogP contribution in [0.25, 0.3) is 0 Å². The first kappa shape index (κ1) is 12.8. The smallest absolute Gasteiger partial charge is 0.234 e. The molecule has 0 bridgehead atoms. The molecule has 4 nitrogen and oxygen atoms in total. The lowest BCUT2D eigenvalue weighted by Gasteiger charge is -2.19. The molecule has 2 fully saturated rings. The summed E-state index contributed by atoms with van der Waals surface area (Å²) in [6.07, 6.45) is 6.74. The Morgan fingerprint density at radius 3 is 2.59 bits per heavy atom. The minimum absolute atomic E-state index is 0.0384. The molecule has 0 aromatic carbocycles. The molecule has 0 radical (unpaired) electrons. The highest BCUT2D eigenvalue weighted by molar-refractivity contribution is 5.78. The Kier molecular flexibility index (Phi) is 4.40. The Labute approximate surface area is 103 Å². The maximum Gasteiger partial charge on any atom is 0.234 e. The predicted molar refractivity (Wildman–Crippen MR) is 66.6 cm³/mol. The molecule has 1 atom stereocenters. The Bertz CT molecular complexity index is 260. The monoisotopic (exact) mass is 240 g/mol. The third kappa shape index (κ3) is 3.96. The topological polar surface area (TPSA) is 52.6 Å². The van der Waals surface area contributed by atoms with Crippen molar-refractivity contribution >= 4 is 5.91 Å². The van der Waals surface area contributed by atoms with Gasteiger partial charge in [0.15, 0.2) is 0 Å². The average molecular weight is 240 g/mol. The van der Waals surface area contributed by atoms with E-state index in [9.17, 15) is 9.90 Å². The van der Waals surface area contributed by atoms with E-state index in [1.807, 2.05) is 7.05 Å². The fourth-order valence-corrected chi connectivity index (χ4v) is 2.65. The van der Waals surface area contributed by atoms with Crippen LogP contribution in [0.2, 0.25) is 0 Å². The highest BCUT2D eigenvalue weighted by Crippen LogP contribution is 2.27. The Balaban J connectivity index is 1.61. The molecule has 1 unspecified atom stereocenters. The number of hydrogen-bond acceptors (Lipinski definition) is 3. The van der Waals surface area contributed by atoms with Crippen molar-refractivity contribution < 1.29 is 9.90 Å². The summed E-state index contributed by atoms with van der Waals surface area (Å²) >= 11 is 0. The molecule has 4 heteroatoms. The molecule has 17 heavy (non-hydrogen) atoms.